The Bertz CT molecular complexity index is 599. The van der Waals surface area contributed by atoms with Crippen LogP contribution in [0.5, 0.6) is 0 Å². The van der Waals surface area contributed by atoms with E-state index in [1.165, 1.54) is 0 Å². The van der Waals surface area contributed by atoms with Crippen LogP contribution >= 0.6 is 23.4 Å². The van der Waals surface area contributed by atoms with E-state index >= 15 is 0 Å². The highest BCUT2D eigenvalue weighted by atomic mass is 35.5. The van der Waals surface area contributed by atoms with Gasteiger partial charge >= 0.3 is 6.09 Å². The van der Waals surface area contributed by atoms with Crippen LogP contribution in [0.25, 0.3) is 0 Å². The monoisotopic (exact) mass is 342 g/mol. The fourth-order valence-electron chi connectivity index (χ4n) is 2.37. The number of carbonyl (C=O) groups is 1. The summed E-state index contributed by atoms with van der Waals surface area (Å²) < 4.78 is 5.34. The van der Waals surface area contributed by atoms with Gasteiger partial charge in [-0.1, -0.05) is 0 Å². The number of halogens is 1. The number of carbonyl (C=O) groups excluding carboxylic acids is 1. The molecule has 120 valence electrons. The first-order valence-corrected chi connectivity index (χ1v) is 8.62. The summed E-state index contributed by atoms with van der Waals surface area (Å²) in [6.07, 6.45) is 0.650. The molecular weight excluding hydrogens is 324 g/mol. The number of hydrogen-bond acceptors (Lipinski definition) is 6. The minimum Gasteiger partial charge on any atom is -0.444 e. The molecule has 8 heteroatoms. The number of fused-ring (bicyclic) bond motifs is 1. The quantitative estimate of drug-likeness (QED) is 0.834. The molecule has 1 fully saturated rings. The molecule has 6 nitrogen and oxygen atoms in total. The lowest BCUT2D eigenvalue weighted by atomic mass is 10.1. The number of aryl methyl sites for hydroxylation is 1. The number of anilines is 1. The van der Waals surface area contributed by atoms with Crippen molar-refractivity contribution in [1.82, 2.24) is 14.9 Å². The first-order chi connectivity index (χ1) is 10.3. The van der Waals surface area contributed by atoms with Gasteiger partial charge in [0.15, 0.2) is 0 Å². The summed E-state index contributed by atoms with van der Waals surface area (Å²) in [4.78, 5) is 23.2. The molecule has 0 saturated carbocycles. The maximum absolute atomic E-state index is 11.9. The van der Waals surface area contributed by atoms with Gasteiger partial charge in [-0.2, -0.15) is 4.98 Å². The maximum atomic E-state index is 11.9. The maximum Gasteiger partial charge on any atom is 0.410 e. The molecule has 1 aromatic heterocycles. The van der Waals surface area contributed by atoms with Gasteiger partial charge in [0.2, 0.25) is 5.28 Å². The van der Waals surface area contributed by atoms with Gasteiger partial charge in [0.1, 0.15) is 11.4 Å². The fraction of sp³-hybridized carbons (Fsp3) is 0.643. The minimum absolute atomic E-state index is 0.170. The van der Waals surface area contributed by atoms with Gasteiger partial charge in [-0.25, -0.2) is 9.78 Å². The van der Waals surface area contributed by atoms with Crippen molar-refractivity contribution in [1.29, 1.82) is 0 Å². The van der Waals surface area contributed by atoms with E-state index in [-0.39, 0.29) is 17.4 Å². The Hall–Kier alpha value is -1.21. The molecule has 2 aliphatic rings. The standard InChI is InChI=1S/C14H19ClN4O2S/c1-14(2,3)21-13(20)19-6-8(7-19)16-11-10-9(4-5-22-10)17-12(15)18-11/h8H,4-7H2,1-3H3,(H,16,17,18). The van der Waals surface area contributed by atoms with E-state index in [9.17, 15) is 4.79 Å². The summed E-state index contributed by atoms with van der Waals surface area (Å²) in [5, 5.41) is 3.63. The van der Waals surface area contributed by atoms with Gasteiger partial charge in [0.05, 0.1) is 16.6 Å². The molecule has 1 aromatic rings. The van der Waals surface area contributed by atoms with Crippen LogP contribution in [0.15, 0.2) is 4.90 Å². The third-order valence-corrected chi connectivity index (χ3v) is 4.66. The number of hydrogen-bond donors (Lipinski definition) is 1. The topological polar surface area (TPSA) is 67.3 Å². The average Bonchev–Trinajstić information content (AvgIpc) is 2.78. The number of nitrogens with zero attached hydrogens (tertiary/aromatic N) is 3. The summed E-state index contributed by atoms with van der Waals surface area (Å²) >= 11 is 7.71. The number of likely N-dealkylation sites (tertiary alicyclic amines) is 1. The van der Waals surface area contributed by atoms with E-state index in [1.807, 2.05) is 20.8 Å². The summed E-state index contributed by atoms with van der Waals surface area (Å²) in [6.45, 7) is 6.81. The molecule has 0 unspecified atom stereocenters. The molecule has 0 spiro atoms. The SMILES string of the molecule is CC(C)(C)OC(=O)N1CC(Nc2nc(Cl)nc3c2SCC3)C1. The van der Waals surface area contributed by atoms with Gasteiger partial charge in [0.25, 0.3) is 0 Å². The third kappa shape index (κ3) is 3.41. The Morgan fingerprint density at radius 3 is 2.82 bits per heavy atom. The zero-order valence-corrected chi connectivity index (χ0v) is 14.4. The lowest BCUT2D eigenvalue weighted by Crippen LogP contribution is -2.58. The molecule has 1 N–H and O–H groups in total. The van der Waals surface area contributed by atoms with Gasteiger partial charge in [-0.15, -0.1) is 11.8 Å². The van der Waals surface area contributed by atoms with Crippen molar-refractivity contribution in [2.24, 2.45) is 0 Å². The fourth-order valence-corrected chi connectivity index (χ4v) is 3.62. The van der Waals surface area contributed by atoms with Crippen molar-refractivity contribution in [2.45, 2.75) is 43.7 Å². The molecule has 1 saturated heterocycles. The van der Waals surface area contributed by atoms with Crippen LogP contribution in [0.3, 0.4) is 0 Å². The number of ether oxygens (including phenoxy) is 1. The number of amides is 1. The molecule has 0 bridgehead atoms. The van der Waals surface area contributed by atoms with E-state index in [0.29, 0.717) is 13.1 Å². The molecular formula is C14H19ClN4O2S. The molecule has 1 amide bonds. The van der Waals surface area contributed by atoms with Crippen molar-refractivity contribution in [3.05, 3.63) is 11.0 Å². The highest BCUT2D eigenvalue weighted by Gasteiger charge is 2.34. The summed E-state index contributed by atoms with van der Waals surface area (Å²) in [7, 11) is 0. The Labute approximate surface area is 139 Å². The largest absolute Gasteiger partial charge is 0.444 e. The lowest BCUT2D eigenvalue weighted by molar-refractivity contribution is 0.0104. The molecule has 0 atom stereocenters. The summed E-state index contributed by atoms with van der Waals surface area (Å²) in [5.74, 6) is 1.79. The number of thioether (sulfide) groups is 1. The molecule has 0 radical (unpaired) electrons. The van der Waals surface area contributed by atoms with Crippen LogP contribution in [0.2, 0.25) is 5.28 Å². The van der Waals surface area contributed by atoms with Crippen LogP contribution in [-0.2, 0) is 11.2 Å². The third-order valence-electron chi connectivity index (χ3n) is 3.37. The van der Waals surface area contributed by atoms with E-state index < -0.39 is 5.60 Å². The van der Waals surface area contributed by atoms with Gasteiger partial charge in [-0.05, 0) is 32.4 Å². The number of aromatic nitrogens is 2. The van der Waals surface area contributed by atoms with Crippen molar-refractivity contribution >= 4 is 35.3 Å². The first kappa shape index (κ1) is 15.7. The highest BCUT2D eigenvalue weighted by molar-refractivity contribution is 7.99. The van der Waals surface area contributed by atoms with E-state index in [4.69, 9.17) is 16.3 Å². The van der Waals surface area contributed by atoms with Crippen molar-refractivity contribution in [3.63, 3.8) is 0 Å². The van der Waals surface area contributed by atoms with Crippen LogP contribution in [-0.4, -0.2) is 51.4 Å². The lowest BCUT2D eigenvalue weighted by Gasteiger charge is -2.40. The van der Waals surface area contributed by atoms with E-state index in [2.05, 4.69) is 15.3 Å². The van der Waals surface area contributed by atoms with Crippen LogP contribution in [0.1, 0.15) is 26.5 Å². The molecule has 3 rings (SSSR count). The second-order valence-corrected chi connectivity index (χ2v) is 7.89. The van der Waals surface area contributed by atoms with Crippen LogP contribution in [0, 0.1) is 0 Å². The highest BCUT2D eigenvalue weighted by Crippen LogP contribution is 2.36. The van der Waals surface area contributed by atoms with E-state index in [1.54, 1.807) is 16.7 Å². The normalized spacial score (nSPS) is 17.9. The number of nitrogens with one attached hydrogen (secondary N) is 1. The summed E-state index contributed by atoms with van der Waals surface area (Å²) in [5.41, 5.74) is 0.545. The second kappa shape index (κ2) is 5.77. The Morgan fingerprint density at radius 2 is 2.14 bits per heavy atom. The molecule has 22 heavy (non-hydrogen) atoms. The van der Waals surface area contributed by atoms with Gasteiger partial charge < -0.3 is 15.0 Å². The van der Waals surface area contributed by atoms with Crippen LogP contribution in [0.4, 0.5) is 10.6 Å². The predicted octanol–water partition coefficient (Wildman–Crippen LogP) is 2.81. The average molecular weight is 343 g/mol. The molecule has 0 aliphatic carbocycles. The van der Waals surface area contributed by atoms with E-state index in [0.717, 1.165) is 28.6 Å². The predicted molar refractivity (Wildman–Crippen MR) is 86.7 cm³/mol. The Balaban J connectivity index is 1.58. The van der Waals surface area contributed by atoms with Crippen molar-refractivity contribution < 1.29 is 9.53 Å². The van der Waals surface area contributed by atoms with Crippen molar-refractivity contribution in [3.8, 4) is 0 Å². The molecule has 0 aromatic carbocycles. The molecule has 3 heterocycles. The van der Waals surface area contributed by atoms with Gasteiger partial charge in [-0.3, -0.25) is 0 Å². The Morgan fingerprint density at radius 1 is 1.41 bits per heavy atom. The first-order valence-electron chi connectivity index (χ1n) is 7.25. The number of rotatable bonds is 2. The minimum atomic E-state index is -0.465. The molecule has 2 aliphatic heterocycles. The van der Waals surface area contributed by atoms with Crippen LogP contribution < -0.4 is 5.32 Å². The Kier molecular flexibility index (Phi) is 4.11. The van der Waals surface area contributed by atoms with Crippen molar-refractivity contribution in [2.75, 3.05) is 24.2 Å². The summed E-state index contributed by atoms with van der Waals surface area (Å²) in [6, 6.07) is 0.170. The zero-order valence-electron chi connectivity index (χ0n) is 12.9. The zero-order chi connectivity index (χ0) is 15.9. The smallest absolute Gasteiger partial charge is 0.410 e. The second-order valence-electron chi connectivity index (χ2n) is 6.44. The van der Waals surface area contributed by atoms with Gasteiger partial charge in [0, 0.05) is 25.3 Å².